The highest BCUT2D eigenvalue weighted by Crippen LogP contribution is 2.22. The first kappa shape index (κ1) is 11.9. The first-order valence-corrected chi connectivity index (χ1v) is 4.80. The number of nitrogens with one attached hydrogen (secondary N) is 1. The van der Waals surface area contributed by atoms with Crippen LogP contribution >= 0.6 is 0 Å². The summed E-state index contributed by atoms with van der Waals surface area (Å²) in [6.07, 6.45) is 0. The molecule has 0 amide bonds. The van der Waals surface area contributed by atoms with Crippen LogP contribution in [0.5, 0.6) is 5.75 Å². The van der Waals surface area contributed by atoms with Crippen molar-refractivity contribution in [1.82, 2.24) is 5.32 Å². The molecule has 15 heavy (non-hydrogen) atoms. The zero-order valence-electron chi connectivity index (χ0n) is 9.10. The van der Waals surface area contributed by atoms with Gasteiger partial charge in [-0.15, -0.1) is 0 Å². The number of ether oxygens (including phenoxy) is 1. The van der Waals surface area contributed by atoms with Crippen molar-refractivity contribution in [3.05, 3.63) is 29.3 Å². The minimum absolute atomic E-state index is 0.0167. The summed E-state index contributed by atoms with van der Waals surface area (Å²) in [5.41, 5.74) is 0.0167. The van der Waals surface area contributed by atoms with Gasteiger partial charge in [0.15, 0.2) is 11.6 Å². The van der Waals surface area contributed by atoms with Crippen LogP contribution in [-0.2, 0) is 6.54 Å². The van der Waals surface area contributed by atoms with Crippen LogP contribution < -0.4 is 10.1 Å². The minimum atomic E-state index is -0.634. The maximum Gasteiger partial charge on any atom is 0.172 e. The van der Waals surface area contributed by atoms with Gasteiger partial charge in [0, 0.05) is 18.2 Å². The molecule has 0 heterocycles. The molecule has 0 bridgehead atoms. The Kier molecular flexibility index (Phi) is 4.03. The van der Waals surface area contributed by atoms with Crippen LogP contribution in [0.15, 0.2) is 12.1 Å². The van der Waals surface area contributed by atoms with E-state index in [4.69, 9.17) is 4.74 Å². The molecule has 0 radical (unpaired) electrons. The lowest BCUT2D eigenvalue weighted by Crippen LogP contribution is -2.23. The number of hydrogen-bond acceptors (Lipinski definition) is 2. The molecule has 1 rings (SSSR count). The molecular formula is C11H15F2NO. The molecule has 0 aliphatic carbocycles. The molecule has 0 spiro atoms. The highest BCUT2D eigenvalue weighted by molar-refractivity contribution is 5.32. The van der Waals surface area contributed by atoms with Crippen LogP contribution in [0, 0.1) is 11.6 Å². The summed E-state index contributed by atoms with van der Waals surface area (Å²) in [5, 5.41) is 2.96. The van der Waals surface area contributed by atoms with E-state index in [1.165, 1.54) is 19.2 Å². The summed E-state index contributed by atoms with van der Waals surface area (Å²) in [4.78, 5) is 0. The van der Waals surface area contributed by atoms with Crippen molar-refractivity contribution in [2.24, 2.45) is 0 Å². The van der Waals surface area contributed by atoms with Gasteiger partial charge < -0.3 is 10.1 Å². The van der Waals surface area contributed by atoms with Crippen molar-refractivity contribution in [1.29, 1.82) is 0 Å². The van der Waals surface area contributed by atoms with E-state index in [-0.39, 0.29) is 23.9 Å². The normalized spacial score (nSPS) is 10.8. The van der Waals surface area contributed by atoms with E-state index in [0.29, 0.717) is 0 Å². The van der Waals surface area contributed by atoms with Crippen LogP contribution in [0.2, 0.25) is 0 Å². The fourth-order valence-corrected chi connectivity index (χ4v) is 1.20. The molecule has 0 unspecified atom stereocenters. The quantitative estimate of drug-likeness (QED) is 0.833. The highest BCUT2D eigenvalue weighted by atomic mass is 19.1. The van der Waals surface area contributed by atoms with Crippen molar-refractivity contribution in [2.75, 3.05) is 7.11 Å². The lowest BCUT2D eigenvalue weighted by atomic mass is 10.1. The summed E-state index contributed by atoms with van der Waals surface area (Å²) >= 11 is 0. The standard InChI is InChI=1S/C11H15F2NO/c1-7(2)14-6-8-9(12)4-5-10(15-3)11(8)13/h4-5,7,14H,6H2,1-3H3. The van der Waals surface area contributed by atoms with Crippen molar-refractivity contribution < 1.29 is 13.5 Å². The van der Waals surface area contributed by atoms with Crippen LogP contribution in [0.4, 0.5) is 8.78 Å². The van der Waals surface area contributed by atoms with Crippen LogP contribution in [0.25, 0.3) is 0 Å². The summed E-state index contributed by atoms with van der Waals surface area (Å²) < 4.78 is 31.6. The fraction of sp³-hybridized carbons (Fsp3) is 0.455. The Hall–Kier alpha value is -1.16. The zero-order valence-corrected chi connectivity index (χ0v) is 9.10. The molecule has 1 aromatic carbocycles. The van der Waals surface area contributed by atoms with Gasteiger partial charge in [0.2, 0.25) is 0 Å². The molecule has 0 saturated carbocycles. The average Bonchev–Trinajstić information content (AvgIpc) is 2.17. The molecule has 84 valence electrons. The Bertz CT molecular complexity index is 340. The van der Waals surface area contributed by atoms with Crippen LogP contribution in [0.3, 0.4) is 0 Å². The van der Waals surface area contributed by atoms with Crippen molar-refractivity contribution in [3.63, 3.8) is 0 Å². The van der Waals surface area contributed by atoms with E-state index in [2.05, 4.69) is 5.32 Å². The van der Waals surface area contributed by atoms with Crippen LogP contribution in [-0.4, -0.2) is 13.2 Å². The van der Waals surface area contributed by atoms with Crippen molar-refractivity contribution in [3.8, 4) is 5.75 Å². The third-order valence-corrected chi connectivity index (χ3v) is 2.06. The molecule has 2 nitrogen and oxygen atoms in total. The number of hydrogen-bond donors (Lipinski definition) is 1. The minimum Gasteiger partial charge on any atom is -0.494 e. The molecule has 0 aromatic heterocycles. The van der Waals surface area contributed by atoms with Gasteiger partial charge in [-0.3, -0.25) is 0 Å². The Morgan fingerprint density at radius 2 is 2.00 bits per heavy atom. The second-order valence-electron chi connectivity index (χ2n) is 3.58. The van der Waals surface area contributed by atoms with Crippen LogP contribution in [0.1, 0.15) is 19.4 Å². The Morgan fingerprint density at radius 3 is 2.53 bits per heavy atom. The van der Waals surface area contributed by atoms with E-state index >= 15 is 0 Å². The molecule has 1 N–H and O–H groups in total. The predicted octanol–water partition coefficient (Wildman–Crippen LogP) is 2.47. The van der Waals surface area contributed by atoms with Gasteiger partial charge in [-0.05, 0) is 12.1 Å². The van der Waals surface area contributed by atoms with E-state index in [1.807, 2.05) is 13.8 Å². The molecule has 0 atom stereocenters. The lowest BCUT2D eigenvalue weighted by molar-refractivity contribution is 0.378. The van der Waals surface area contributed by atoms with E-state index in [9.17, 15) is 8.78 Å². The Balaban J connectivity index is 2.94. The summed E-state index contributed by atoms with van der Waals surface area (Å²) in [7, 11) is 1.36. The SMILES string of the molecule is COc1ccc(F)c(CNC(C)C)c1F. The summed E-state index contributed by atoms with van der Waals surface area (Å²) in [6.45, 7) is 3.98. The molecule has 0 saturated heterocycles. The first-order chi connectivity index (χ1) is 7.06. The molecule has 0 aliphatic heterocycles. The maximum atomic E-state index is 13.6. The van der Waals surface area contributed by atoms with E-state index < -0.39 is 11.6 Å². The second kappa shape index (κ2) is 5.07. The number of benzene rings is 1. The Morgan fingerprint density at radius 1 is 1.33 bits per heavy atom. The highest BCUT2D eigenvalue weighted by Gasteiger charge is 2.13. The smallest absolute Gasteiger partial charge is 0.172 e. The average molecular weight is 215 g/mol. The van der Waals surface area contributed by atoms with Crippen molar-refractivity contribution >= 4 is 0 Å². The van der Waals surface area contributed by atoms with Gasteiger partial charge in [0.05, 0.1) is 7.11 Å². The molecular weight excluding hydrogens is 200 g/mol. The van der Waals surface area contributed by atoms with Gasteiger partial charge in [0.1, 0.15) is 5.82 Å². The van der Waals surface area contributed by atoms with Gasteiger partial charge in [-0.25, -0.2) is 8.78 Å². The Labute approximate surface area is 88.3 Å². The third-order valence-electron chi connectivity index (χ3n) is 2.06. The molecule has 0 aliphatic rings. The second-order valence-corrected chi connectivity index (χ2v) is 3.58. The topological polar surface area (TPSA) is 21.3 Å². The fourth-order valence-electron chi connectivity index (χ4n) is 1.20. The molecule has 0 fully saturated rings. The largest absolute Gasteiger partial charge is 0.494 e. The maximum absolute atomic E-state index is 13.6. The lowest BCUT2D eigenvalue weighted by Gasteiger charge is -2.11. The number of methoxy groups -OCH3 is 1. The predicted molar refractivity (Wildman–Crippen MR) is 54.9 cm³/mol. The number of rotatable bonds is 4. The number of halogens is 2. The van der Waals surface area contributed by atoms with Crippen molar-refractivity contribution in [2.45, 2.75) is 26.4 Å². The first-order valence-electron chi connectivity index (χ1n) is 4.80. The monoisotopic (exact) mass is 215 g/mol. The van der Waals surface area contributed by atoms with E-state index in [0.717, 1.165) is 0 Å². The van der Waals surface area contributed by atoms with Gasteiger partial charge >= 0.3 is 0 Å². The van der Waals surface area contributed by atoms with E-state index in [1.54, 1.807) is 0 Å². The third kappa shape index (κ3) is 2.89. The van der Waals surface area contributed by atoms with Gasteiger partial charge in [-0.1, -0.05) is 13.8 Å². The summed E-state index contributed by atoms with van der Waals surface area (Å²) in [5.74, 6) is -1.12. The van der Waals surface area contributed by atoms with Gasteiger partial charge in [0.25, 0.3) is 0 Å². The van der Waals surface area contributed by atoms with Gasteiger partial charge in [-0.2, -0.15) is 0 Å². The molecule has 4 heteroatoms. The summed E-state index contributed by atoms with van der Waals surface area (Å²) in [6, 6.07) is 2.66. The zero-order chi connectivity index (χ0) is 11.4. The molecule has 1 aromatic rings.